The number of alkyl halides is 3. The summed E-state index contributed by atoms with van der Waals surface area (Å²) in [5.74, 6) is -0.210. The molecule has 0 fully saturated rings. The predicted molar refractivity (Wildman–Crippen MR) is 151 cm³/mol. The lowest BCUT2D eigenvalue weighted by atomic mass is 10.0. The Morgan fingerprint density at radius 2 is 1.73 bits per heavy atom. The van der Waals surface area contributed by atoms with Crippen molar-refractivity contribution < 1.29 is 18.0 Å². The third kappa shape index (κ3) is 6.08. The number of hydrogen-bond donors (Lipinski definition) is 2. The number of carbonyl (C=O) groups excluding carboxylic acids is 1. The Labute approximate surface area is 232 Å². The van der Waals surface area contributed by atoms with Gasteiger partial charge < -0.3 is 15.2 Å². The van der Waals surface area contributed by atoms with Crippen molar-refractivity contribution in [2.24, 2.45) is 7.05 Å². The highest BCUT2D eigenvalue weighted by Gasteiger charge is 2.30. The minimum Gasteiger partial charge on any atom is -0.326 e. The number of rotatable bonds is 6. The molecular formula is C30H25F3N6O2. The highest BCUT2D eigenvalue weighted by Crippen LogP contribution is 2.30. The summed E-state index contributed by atoms with van der Waals surface area (Å²) >= 11 is 0. The van der Waals surface area contributed by atoms with E-state index in [0.29, 0.717) is 28.0 Å². The van der Waals surface area contributed by atoms with Gasteiger partial charge in [-0.2, -0.15) is 13.2 Å². The van der Waals surface area contributed by atoms with Crippen LogP contribution in [0.5, 0.6) is 0 Å². The standard InChI is InChI=1S/C30H25F3N6O2/c1-17-7-9-22(36-26(40)12-19-5-4-6-21(11-19)30(31,32)33)14-24(17)25-13-20-15-35-29(38-27(20)28(41)39(25)3)37-23-10-8-18(2)34-16-23/h4-11,13-16H,12H2,1-3H3,(H,36,40)(H,35,37,38). The lowest BCUT2D eigenvalue weighted by Crippen LogP contribution is -2.20. The molecule has 0 atom stereocenters. The Bertz CT molecular complexity index is 1830. The molecule has 0 aliphatic rings. The van der Waals surface area contributed by atoms with Gasteiger partial charge in [-0.15, -0.1) is 0 Å². The van der Waals surface area contributed by atoms with E-state index >= 15 is 0 Å². The molecule has 5 rings (SSSR count). The van der Waals surface area contributed by atoms with Crippen molar-refractivity contribution in [3.8, 4) is 11.3 Å². The molecule has 0 aliphatic heterocycles. The van der Waals surface area contributed by atoms with Crippen LogP contribution in [0.3, 0.4) is 0 Å². The van der Waals surface area contributed by atoms with Gasteiger partial charge in [0, 0.05) is 35.6 Å². The number of aryl methyl sites for hydroxylation is 2. The molecule has 0 saturated carbocycles. The number of hydrogen-bond acceptors (Lipinski definition) is 6. The first-order chi connectivity index (χ1) is 19.5. The maximum Gasteiger partial charge on any atom is 0.416 e. The molecule has 11 heteroatoms. The number of anilines is 3. The Morgan fingerprint density at radius 3 is 2.46 bits per heavy atom. The number of amides is 1. The number of nitrogens with zero attached hydrogens (tertiary/aromatic N) is 4. The lowest BCUT2D eigenvalue weighted by Gasteiger charge is -2.15. The van der Waals surface area contributed by atoms with Crippen molar-refractivity contribution >= 4 is 34.1 Å². The van der Waals surface area contributed by atoms with Gasteiger partial charge in [-0.05, 0) is 61.4 Å². The van der Waals surface area contributed by atoms with Crippen LogP contribution in [-0.2, 0) is 24.4 Å². The lowest BCUT2D eigenvalue weighted by molar-refractivity contribution is -0.137. The maximum atomic E-state index is 13.3. The van der Waals surface area contributed by atoms with Crippen molar-refractivity contribution in [3.05, 3.63) is 106 Å². The molecule has 0 unspecified atom stereocenters. The molecule has 0 spiro atoms. The van der Waals surface area contributed by atoms with Crippen LogP contribution < -0.4 is 16.2 Å². The quantitative estimate of drug-likeness (QED) is 0.267. The fourth-order valence-corrected chi connectivity index (χ4v) is 4.39. The summed E-state index contributed by atoms with van der Waals surface area (Å²) in [7, 11) is 1.63. The highest BCUT2D eigenvalue weighted by molar-refractivity contribution is 5.93. The first-order valence-corrected chi connectivity index (χ1v) is 12.6. The number of benzene rings is 2. The van der Waals surface area contributed by atoms with Crippen LogP contribution in [0.2, 0.25) is 0 Å². The first kappa shape index (κ1) is 27.5. The SMILES string of the molecule is Cc1ccc(Nc2ncc3cc(-c4cc(NC(=O)Cc5cccc(C(F)(F)F)c5)ccc4C)n(C)c(=O)c3n2)cn1. The summed E-state index contributed by atoms with van der Waals surface area (Å²) in [6, 6.07) is 15.4. The summed E-state index contributed by atoms with van der Waals surface area (Å²) < 4.78 is 40.6. The molecular weight excluding hydrogens is 533 g/mol. The monoisotopic (exact) mass is 558 g/mol. The fourth-order valence-electron chi connectivity index (χ4n) is 4.39. The van der Waals surface area contributed by atoms with Crippen LogP contribution >= 0.6 is 0 Å². The second-order valence-corrected chi connectivity index (χ2v) is 9.66. The number of aromatic nitrogens is 4. The molecule has 3 aromatic heterocycles. The third-order valence-corrected chi connectivity index (χ3v) is 6.56. The van der Waals surface area contributed by atoms with Gasteiger partial charge in [0.2, 0.25) is 11.9 Å². The van der Waals surface area contributed by atoms with Crippen molar-refractivity contribution in [3.63, 3.8) is 0 Å². The Morgan fingerprint density at radius 1 is 0.951 bits per heavy atom. The first-order valence-electron chi connectivity index (χ1n) is 12.6. The number of fused-ring (bicyclic) bond motifs is 1. The van der Waals surface area contributed by atoms with Gasteiger partial charge in [-0.1, -0.05) is 24.3 Å². The molecule has 0 saturated heterocycles. The Balaban J connectivity index is 1.41. The van der Waals surface area contributed by atoms with E-state index < -0.39 is 17.6 Å². The summed E-state index contributed by atoms with van der Waals surface area (Å²) in [6.45, 7) is 3.75. The van der Waals surface area contributed by atoms with Crippen LogP contribution in [0.15, 0.2) is 77.9 Å². The summed E-state index contributed by atoms with van der Waals surface area (Å²) in [4.78, 5) is 39.0. The van der Waals surface area contributed by atoms with E-state index in [1.165, 1.54) is 16.7 Å². The molecule has 0 aliphatic carbocycles. The molecule has 0 bridgehead atoms. The third-order valence-electron chi connectivity index (χ3n) is 6.56. The molecule has 2 aromatic carbocycles. The van der Waals surface area contributed by atoms with Crippen molar-refractivity contribution in [2.45, 2.75) is 26.4 Å². The van der Waals surface area contributed by atoms with E-state index in [0.717, 1.165) is 23.4 Å². The number of carbonyl (C=O) groups is 1. The normalized spacial score (nSPS) is 11.5. The van der Waals surface area contributed by atoms with Gasteiger partial charge in [0.05, 0.1) is 29.6 Å². The Hall–Kier alpha value is -5.06. The molecule has 2 N–H and O–H groups in total. The summed E-state index contributed by atoms with van der Waals surface area (Å²) in [6.07, 6.45) is -1.50. The number of nitrogens with one attached hydrogen (secondary N) is 2. The van der Waals surface area contributed by atoms with Crippen molar-refractivity contribution in [1.29, 1.82) is 0 Å². The molecule has 5 aromatic rings. The van der Waals surface area contributed by atoms with Gasteiger partial charge in [0.25, 0.3) is 5.56 Å². The zero-order chi connectivity index (χ0) is 29.3. The van der Waals surface area contributed by atoms with E-state index in [9.17, 15) is 22.8 Å². The molecule has 3 heterocycles. The van der Waals surface area contributed by atoms with E-state index in [1.807, 2.05) is 26.0 Å². The smallest absolute Gasteiger partial charge is 0.326 e. The second-order valence-electron chi connectivity index (χ2n) is 9.66. The molecule has 208 valence electrons. The van der Waals surface area contributed by atoms with E-state index in [2.05, 4.69) is 25.6 Å². The van der Waals surface area contributed by atoms with Gasteiger partial charge in [-0.25, -0.2) is 9.97 Å². The van der Waals surface area contributed by atoms with E-state index in [4.69, 9.17) is 0 Å². The fraction of sp³-hybridized carbons (Fsp3) is 0.167. The van der Waals surface area contributed by atoms with E-state index in [1.54, 1.807) is 43.7 Å². The molecule has 1 amide bonds. The molecule has 0 radical (unpaired) electrons. The number of pyridine rings is 2. The largest absolute Gasteiger partial charge is 0.416 e. The highest BCUT2D eigenvalue weighted by atomic mass is 19.4. The minimum absolute atomic E-state index is 0.228. The van der Waals surface area contributed by atoms with Crippen molar-refractivity contribution in [1.82, 2.24) is 19.5 Å². The van der Waals surface area contributed by atoms with Gasteiger partial charge in [0.1, 0.15) is 5.52 Å². The van der Waals surface area contributed by atoms with Crippen LogP contribution in [0.1, 0.15) is 22.4 Å². The van der Waals surface area contributed by atoms with Gasteiger partial charge in [-0.3, -0.25) is 14.6 Å². The van der Waals surface area contributed by atoms with Gasteiger partial charge in [0.15, 0.2) is 0 Å². The minimum atomic E-state index is -4.49. The topological polar surface area (TPSA) is 102 Å². The zero-order valence-corrected chi connectivity index (χ0v) is 22.4. The zero-order valence-electron chi connectivity index (χ0n) is 22.4. The average molecular weight is 559 g/mol. The maximum absolute atomic E-state index is 13.3. The second kappa shape index (κ2) is 10.8. The van der Waals surface area contributed by atoms with Crippen LogP contribution in [0.25, 0.3) is 22.2 Å². The summed E-state index contributed by atoms with van der Waals surface area (Å²) in [5.41, 5.74) is 3.46. The molecule has 8 nitrogen and oxygen atoms in total. The number of halogens is 3. The van der Waals surface area contributed by atoms with Crippen LogP contribution in [-0.4, -0.2) is 25.4 Å². The predicted octanol–water partition coefficient (Wildman–Crippen LogP) is 5.95. The van der Waals surface area contributed by atoms with E-state index in [-0.39, 0.29) is 29.0 Å². The molecule has 41 heavy (non-hydrogen) atoms. The van der Waals surface area contributed by atoms with Crippen LogP contribution in [0.4, 0.5) is 30.5 Å². The average Bonchev–Trinajstić information content (AvgIpc) is 2.93. The Kier molecular flexibility index (Phi) is 7.27. The van der Waals surface area contributed by atoms with Crippen molar-refractivity contribution in [2.75, 3.05) is 10.6 Å². The van der Waals surface area contributed by atoms with Gasteiger partial charge >= 0.3 is 6.18 Å². The van der Waals surface area contributed by atoms with Crippen LogP contribution in [0, 0.1) is 13.8 Å². The summed E-state index contributed by atoms with van der Waals surface area (Å²) in [5, 5.41) is 6.33.